The number of fused-ring (bicyclic) bond motifs is 4. The largest absolute Gasteiger partial charge is 0.0696 e. The molecule has 0 aliphatic rings. The molecule has 0 fully saturated rings. The highest BCUT2D eigenvalue weighted by Crippen LogP contribution is 2.40. The predicted molar refractivity (Wildman–Crippen MR) is 208 cm³/mol. The minimum atomic E-state index is 0.995. The molecule has 230 valence electrons. The molecule has 8 aromatic rings. The molecule has 0 bridgehead atoms. The van der Waals surface area contributed by atoms with Crippen LogP contribution in [0.15, 0.2) is 133 Å². The summed E-state index contributed by atoms with van der Waals surface area (Å²) in [5, 5.41) is 9.57. The van der Waals surface area contributed by atoms with E-state index in [0.29, 0.717) is 0 Å². The van der Waals surface area contributed by atoms with E-state index in [0.717, 1.165) is 52.3 Å². The van der Waals surface area contributed by atoms with Crippen molar-refractivity contribution in [3.05, 3.63) is 179 Å². The number of aryl methyl sites for hydroxylation is 2. The molecular weight excluding hydrogens is 589 g/mol. The molecule has 8 rings (SSSR count). The molecule has 0 amide bonds. The highest BCUT2D eigenvalue weighted by Gasteiger charge is 2.16. The van der Waals surface area contributed by atoms with Gasteiger partial charge >= 0.3 is 0 Å². The smallest absolute Gasteiger partial charge is 0.0322 e. The van der Waals surface area contributed by atoms with Crippen LogP contribution in [0.3, 0.4) is 0 Å². The van der Waals surface area contributed by atoms with Crippen LogP contribution in [0.5, 0.6) is 0 Å². The van der Waals surface area contributed by atoms with Crippen molar-refractivity contribution in [3.63, 3.8) is 0 Å². The van der Waals surface area contributed by atoms with Gasteiger partial charge in [0.25, 0.3) is 0 Å². The first-order valence-corrected chi connectivity index (χ1v) is 17.1. The van der Waals surface area contributed by atoms with E-state index in [4.69, 9.17) is 0 Å². The van der Waals surface area contributed by atoms with Crippen molar-refractivity contribution >= 4 is 43.1 Å². The van der Waals surface area contributed by atoms with Gasteiger partial charge in [-0.05, 0) is 146 Å². The summed E-state index contributed by atoms with van der Waals surface area (Å²) in [6.45, 7) is 4.51. The Hall–Kier alpha value is -6.26. The molecule has 0 aliphatic heterocycles. The molecule has 0 N–H and O–H groups in total. The van der Waals surface area contributed by atoms with Crippen LogP contribution in [0.25, 0.3) is 54.2 Å². The van der Waals surface area contributed by atoms with Crippen molar-refractivity contribution < 1.29 is 0 Å². The predicted octanol–water partition coefficient (Wildman–Crippen LogP) is 12.0. The van der Waals surface area contributed by atoms with Gasteiger partial charge in [-0.2, -0.15) is 0 Å². The number of unbranched alkanes of at least 4 members (excludes halogenated alkanes) is 1. The van der Waals surface area contributed by atoms with Crippen molar-refractivity contribution in [2.45, 2.75) is 33.1 Å². The van der Waals surface area contributed by atoms with Crippen LogP contribution in [0.1, 0.15) is 53.1 Å². The molecule has 0 heteroatoms. The first-order valence-electron chi connectivity index (χ1n) is 17.1. The average molecular weight is 623 g/mol. The lowest BCUT2D eigenvalue weighted by atomic mass is 9.85. The van der Waals surface area contributed by atoms with Gasteiger partial charge in [-0.25, -0.2) is 0 Å². The van der Waals surface area contributed by atoms with Crippen LogP contribution in [-0.4, -0.2) is 0 Å². The van der Waals surface area contributed by atoms with Crippen LogP contribution in [0.2, 0.25) is 0 Å². The summed E-state index contributed by atoms with van der Waals surface area (Å²) in [6.07, 6.45) is 3.36. The Balaban J connectivity index is 1.19. The molecule has 0 heterocycles. The van der Waals surface area contributed by atoms with Gasteiger partial charge in [0, 0.05) is 27.6 Å². The van der Waals surface area contributed by atoms with E-state index < -0.39 is 0 Å². The molecule has 0 aromatic heterocycles. The average Bonchev–Trinajstić information content (AvgIpc) is 3.15. The maximum atomic E-state index is 3.44. The Kier molecular flexibility index (Phi) is 8.04. The lowest BCUT2D eigenvalue weighted by Gasteiger charge is -2.18. The molecule has 0 aliphatic carbocycles. The summed E-state index contributed by atoms with van der Waals surface area (Å²) < 4.78 is 0. The van der Waals surface area contributed by atoms with Crippen molar-refractivity contribution in [2.24, 2.45) is 0 Å². The van der Waals surface area contributed by atoms with Crippen molar-refractivity contribution in [1.82, 2.24) is 0 Å². The van der Waals surface area contributed by atoms with Crippen LogP contribution in [0, 0.1) is 42.7 Å². The van der Waals surface area contributed by atoms with Gasteiger partial charge in [-0.1, -0.05) is 116 Å². The van der Waals surface area contributed by atoms with Crippen LogP contribution < -0.4 is 0 Å². The maximum Gasteiger partial charge on any atom is 0.0322 e. The molecule has 0 radical (unpaired) electrons. The van der Waals surface area contributed by atoms with E-state index in [2.05, 4.69) is 177 Å². The quantitative estimate of drug-likeness (QED) is 0.171. The molecule has 0 nitrogen and oxygen atoms in total. The minimum Gasteiger partial charge on any atom is -0.0696 e. The Morgan fingerprint density at radius 3 is 1.80 bits per heavy atom. The molecule has 49 heavy (non-hydrogen) atoms. The van der Waals surface area contributed by atoms with Gasteiger partial charge in [0.05, 0.1) is 0 Å². The fourth-order valence-electron chi connectivity index (χ4n) is 6.87. The highest BCUT2D eigenvalue weighted by molar-refractivity contribution is 6.08. The van der Waals surface area contributed by atoms with Gasteiger partial charge < -0.3 is 0 Å². The maximum absolute atomic E-state index is 3.44. The summed E-state index contributed by atoms with van der Waals surface area (Å²) >= 11 is 0. The Morgan fingerprint density at radius 1 is 0.510 bits per heavy atom. The van der Waals surface area contributed by atoms with Crippen molar-refractivity contribution in [3.8, 4) is 34.8 Å². The zero-order valence-corrected chi connectivity index (χ0v) is 27.8. The number of benzene rings is 7. The molecule has 0 spiro atoms. The van der Waals surface area contributed by atoms with Gasteiger partial charge in [-0.15, -0.1) is 0 Å². The second-order valence-corrected chi connectivity index (χ2v) is 12.8. The fourth-order valence-corrected chi connectivity index (χ4v) is 6.87. The summed E-state index contributed by atoms with van der Waals surface area (Å²) in [6, 6.07) is 53.7. The molecule has 0 saturated carbocycles. The first-order chi connectivity index (χ1) is 24.1. The fraction of sp³-hybridized carbons (Fsp3) is 0.102. The zero-order chi connectivity index (χ0) is 33.2. The second kappa shape index (κ2) is 13.1. The Morgan fingerprint density at radius 2 is 1.08 bits per heavy atom. The van der Waals surface area contributed by atoms with E-state index in [-0.39, 0.29) is 0 Å². The normalized spacial score (nSPS) is 10.8. The molecule has 8 aromatic carbocycles. The van der Waals surface area contributed by atoms with E-state index in [1.165, 1.54) is 54.6 Å². The summed E-state index contributed by atoms with van der Waals surface area (Å²) in [5.41, 5.74) is 9.38. The zero-order valence-electron chi connectivity index (χ0n) is 27.8. The first kappa shape index (κ1) is 30.1. The van der Waals surface area contributed by atoms with Gasteiger partial charge in [0.2, 0.25) is 0 Å². The third kappa shape index (κ3) is 6.13. The SMILES string of the molecule is CCCCc1ccc2cc(C#Cc3ccc4ccccc4c3)ccc2c1-c1c(C)ccc2cc(C#Cc3ccc4c#cccc4c3)ccc12. The molecule has 0 saturated heterocycles. The third-order valence-corrected chi connectivity index (χ3v) is 9.44. The summed E-state index contributed by atoms with van der Waals surface area (Å²) in [4.78, 5) is 0. The lowest BCUT2D eigenvalue weighted by Crippen LogP contribution is -1.96. The topological polar surface area (TPSA) is 0 Å². The molecule has 0 atom stereocenters. The standard InChI is InChI=1S/C49H34/c1-3-4-9-41-26-27-45-33-38(18-16-36-20-25-40-11-6-8-13-43(40)31-36)22-29-47(45)49(41)48-34(2)14-23-44-32-37(21-28-46(44)48)17-15-35-19-24-39-10-5-7-12-42(39)30-35/h6-8,11-14,19-33H,3-4,9H2,1-2H3. The van der Waals surface area contributed by atoms with Crippen LogP contribution in [-0.2, 0) is 6.42 Å². The number of hydrogen-bond donors (Lipinski definition) is 0. The lowest BCUT2D eigenvalue weighted by molar-refractivity contribution is 0.797. The second-order valence-electron chi connectivity index (χ2n) is 12.8. The third-order valence-electron chi connectivity index (χ3n) is 9.44. The van der Waals surface area contributed by atoms with Crippen molar-refractivity contribution in [1.29, 1.82) is 0 Å². The van der Waals surface area contributed by atoms with E-state index >= 15 is 0 Å². The monoisotopic (exact) mass is 622 g/mol. The molecule has 0 unspecified atom stereocenters. The Bertz CT molecular complexity index is 2660. The van der Waals surface area contributed by atoms with Crippen molar-refractivity contribution in [2.75, 3.05) is 0 Å². The summed E-state index contributed by atoms with van der Waals surface area (Å²) in [5.74, 6) is 13.6. The summed E-state index contributed by atoms with van der Waals surface area (Å²) in [7, 11) is 0. The van der Waals surface area contributed by atoms with Gasteiger partial charge in [0.15, 0.2) is 0 Å². The number of hydrogen-bond acceptors (Lipinski definition) is 0. The van der Waals surface area contributed by atoms with Gasteiger partial charge in [0.1, 0.15) is 0 Å². The minimum absolute atomic E-state index is 0.995. The molecular formula is C49H34. The van der Waals surface area contributed by atoms with Gasteiger partial charge in [-0.3, -0.25) is 0 Å². The highest BCUT2D eigenvalue weighted by atomic mass is 14.2. The number of rotatable bonds is 4. The van der Waals surface area contributed by atoms with E-state index in [9.17, 15) is 0 Å². The van der Waals surface area contributed by atoms with Crippen LogP contribution >= 0.6 is 0 Å². The Labute approximate surface area is 289 Å². The van der Waals surface area contributed by atoms with Crippen LogP contribution in [0.4, 0.5) is 0 Å². The van der Waals surface area contributed by atoms with E-state index in [1.54, 1.807) is 0 Å². The van der Waals surface area contributed by atoms with E-state index in [1.807, 2.05) is 6.07 Å².